The number of hydrogen-bond acceptors (Lipinski definition) is 3. The summed E-state index contributed by atoms with van der Waals surface area (Å²) in [7, 11) is 1.82. The molecule has 0 spiro atoms. The molecule has 1 aromatic rings. The molecule has 4 nitrogen and oxygen atoms in total. The van der Waals surface area contributed by atoms with Crippen LogP contribution in [0.4, 0.5) is 0 Å². The minimum Gasteiger partial charge on any atom is -0.345 e. The summed E-state index contributed by atoms with van der Waals surface area (Å²) < 4.78 is 0. The van der Waals surface area contributed by atoms with Crippen LogP contribution in [0.15, 0.2) is 24.5 Å². The molecule has 0 fully saturated rings. The molecule has 0 saturated carbocycles. The smallest absolute Gasteiger partial charge is 0.226 e. The first kappa shape index (κ1) is 13.6. The number of nitrogens with two attached hydrogens (primary N) is 1. The van der Waals surface area contributed by atoms with Crippen molar-refractivity contribution in [2.24, 2.45) is 11.1 Å². The molecule has 2 N–H and O–H groups in total. The van der Waals surface area contributed by atoms with Gasteiger partial charge in [0.15, 0.2) is 0 Å². The first-order valence-electron chi connectivity index (χ1n) is 5.77. The molecular weight excluding hydrogens is 214 g/mol. The second-order valence-electron chi connectivity index (χ2n) is 5.16. The van der Waals surface area contributed by atoms with E-state index in [0.717, 1.165) is 5.56 Å². The molecule has 1 rings (SSSR count). The number of carbonyl (C=O) groups is 1. The van der Waals surface area contributed by atoms with E-state index in [1.165, 1.54) is 0 Å². The fourth-order valence-corrected chi connectivity index (χ4v) is 1.61. The van der Waals surface area contributed by atoms with Gasteiger partial charge in [-0.2, -0.15) is 0 Å². The topological polar surface area (TPSA) is 59.2 Å². The Hall–Kier alpha value is -1.42. The van der Waals surface area contributed by atoms with E-state index < -0.39 is 0 Å². The van der Waals surface area contributed by atoms with Crippen molar-refractivity contribution >= 4 is 5.91 Å². The van der Waals surface area contributed by atoms with Crippen LogP contribution < -0.4 is 5.73 Å². The molecule has 1 aromatic heterocycles. The Morgan fingerprint density at radius 1 is 1.53 bits per heavy atom. The van der Waals surface area contributed by atoms with Gasteiger partial charge in [0.1, 0.15) is 0 Å². The Labute approximate surface area is 103 Å². The van der Waals surface area contributed by atoms with E-state index in [9.17, 15) is 4.79 Å². The molecule has 94 valence electrons. The highest BCUT2D eigenvalue weighted by Crippen LogP contribution is 2.14. The Kier molecular flexibility index (Phi) is 4.63. The fourth-order valence-electron chi connectivity index (χ4n) is 1.61. The zero-order valence-electron chi connectivity index (χ0n) is 10.8. The Morgan fingerprint density at radius 3 is 2.76 bits per heavy atom. The summed E-state index contributed by atoms with van der Waals surface area (Å²) in [6.07, 6.45) is 3.82. The third kappa shape index (κ3) is 4.53. The van der Waals surface area contributed by atoms with Crippen molar-refractivity contribution in [2.45, 2.75) is 20.3 Å². The summed E-state index contributed by atoms with van der Waals surface area (Å²) in [5.41, 5.74) is 6.56. The summed E-state index contributed by atoms with van der Waals surface area (Å²) in [6, 6.07) is 3.75. The molecule has 0 aliphatic rings. The number of aromatic nitrogens is 1. The lowest BCUT2D eigenvalue weighted by Crippen LogP contribution is -2.40. The standard InChI is InChI=1S/C13H21N3O/c1-13(2,9-14)10-16(3)12(17)7-11-5-4-6-15-8-11/h4-6,8H,7,9-10,14H2,1-3H3. The number of pyridine rings is 1. The number of hydrogen-bond donors (Lipinski definition) is 1. The zero-order chi connectivity index (χ0) is 12.9. The second-order valence-corrected chi connectivity index (χ2v) is 5.16. The van der Waals surface area contributed by atoms with Crippen LogP contribution in [0.1, 0.15) is 19.4 Å². The maximum Gasteiger partial charge on any atom is 0.226 e. The number of likely N-dealkylation sites (N-methyl/N-ethyl adjacent to an activating group) is 1. The van der Waals surface area contributed by atoms with Crippen molar-refractivity contribution in [1.29, 1.82) is 0 Å². The van der Waals surface area contributed by atoms with E-state index in [2.05, 4.69) is 18.8 Å². The number of nitrogens with zero attached hydrogens (tertiary/aromatic N) is 2. The van der Waals surface area contributed by atoms with Crippen molar-refractivity contribution in [3.05, 3.63) is 30.1 Å². The van der Waals surface area contributed by atoms with Gasteiger partial charge in [0.25, 0.3) is 0 Å². The zero-order valence-corrected chi connectivity index (χ0v) is 10.8. The number of carbonyl (C=O) groups excluding carboxylic acids is 1. The molecular formula is C13H21N3O. The maximum absolute atomic E-state index is 12.0. The van der Waals surface area contributed by atoms with Crippen LogP contribution in [0.3, 0.4) is 0 Å². The van der Waals surface area contributed by atoms with Crippen molar-refractivity contribution < 1.29 is 4.79 Å². The monoisotopic (exact) mass is 235 g/mol. The van der Waals surface area contributed by atoms with Gasteiger partial charge in [-0.3, -0.25) is 9.78 Å². The van der Waals surface area contributed by atoms with Crippen molar-refractivity contribution in [1.82, 2.24) is 9.88 Å². The lowest BCUT2D eigenvalue weighted by molar-refractivity contribution is -0.130. The summed E-state index contributed by atoms with van der Waals surface area (Å²) in [5.74, 6) is 0.0968. The molecule has 0 aliphatic carbocycles. The Morgan fingerprint density at radius 2 is 2.24 bits per heavy atom. The average molecular weight is 235 g/mol. The van der Waals surface area contributed by atoms with Crippen LogP contribution in [0.25, 0.3) is 0 Å². The summed E-state index contributed by atoms with van der Waals surface area (Å²) >= 11 is 0. The van der Waals surface area contributed by atoms with E-state index in [1.807, 2.05) is 19.2 Å². The third-order valence-corrected chi connectivity index (χ3v) is 2.72. The van der Waals surface area contributed by atoms with E-state index in [4.69, 9.17) is 5.73 Å². The largest absolute Gasteiger partial charge is 0.345 e. The molecule has 0 aliphatic heterocycles. The molecule has 17 heavy (non-hydrogen) atoms. The van der Waals surface area contributed by atoms with Gasteiger partial charge in [0.05, 0.1) is 6.42 Å². The van der Waals surface area contributed by atoms with Crippen LogP contribution in [-0.4, -0.2) is 35.9 Å². The minimum atomic E-state index is -0.0423. The Balaban J connectivity index is 2.54. The molecule has 0 radical (unpaired) electrons. The normalized spacial score (nSPS) is 11.3. The fraction of sp³-hybridized carbons (Fsp3) is 0.538. The highest BCUT2D eigenvalue weighted by Gasteiger charge is 2.21. The van der Waals surface area contributed by atoms with E-state index >= 15 is 0 Å². The van der Waals surface area contributed by atoms with Crippen LogP contribution in [-0.2, 0) is 11.2 Å². The Bertz CT molecular complexity index is 362. The van der Waals surface area contributed by atoms with Gasteiger partial charge >= 0.3 is 0 Å². The maximum atomic E-state index is 12.0. The van der Waals surface area contributed by atoms with Crippen LogP contribution in [0.5, 0.6) is 0 Å². The summed E-state index contributed by atoms with van der Waals surface area (Å²) in [5, 5.41) is 0. The lowest BCUT2D eigenvalue weighted by Gasteiger charge is -2.29. The average Bonchev–Trinajstić information content (AvgIpc) is 2.30. The quantitative estimate of drug-likeness (QED) is 0.830. The van der Waals surface area contributed by atoms with Gasteiger partial charge in [-0.15, -0.1) is 0 Å². The molecule has 0 bridgehead atoms. The molecule has 0 aromatic carbocycles. The predicted molar refractivity (Wildman–Crippen MR) is 68.4 cm³/mol. The molecule has 0 saturated heterocycles. The SMILES string of the molecule is CN(CC(C)(C)CN)C(=O)Cc1cccnc1. The summed E-state index contributed by atoms with van der Waals surface area (Å²) in [4.78, 5) is 17.7. The van der Waals surface area contributed by atoms with Gasteiger partial charge in [-0.25, -0.2) is 0 Å². The van der Waals surface area contributed by atoms with Crippen molar-refractivity contribution in [2.75, 3.05) is 20.1 Å². The van der Waals surface area contributed by atoms with Crippen LogP contribution >= 0.6 is 0 Å². The van der Waals surface area contributed by atoms with E-state index in [-0.39, 0.29) is 11.3 Å². The summed E-state index contributed by atoms with van der Waals surface area (Å²) in [6.45, 7) is 5.35. The van der Waals surface area contributed by atoms with E-state index in [1.54, 1.807) is 17.3 Å². The van der Waals surface area contributed by atoms with Crippen molar-refractivity contribution in [3.8, 4) is 0 Å². The predicted octanol–water partition coefficient (Wildman–Crippen LogP) is 1.07. The highest BCUT2D eigenvalue weighted by atomic mass is 16.2. The lowest BCUT2D eigenvalue weighted by atomic mass is 9.93. The first-order chi connectivity index (χ1) is 7.94. The molecule has 0 atom stereocenters. The van der Waals surface area contributed by atoms with Gasteiger partial charge in [-0.1, -0.05) is 19.9 Å². The molecule has 4 heteroatoms. The number of rotatable bonds is 5. The molecule has 1 heterocycles. The first-order valence-corrected chi connectivity index (χ1v) is 5.77. The van der Waals surface area contributed by atoms with E-state index in [0.29, 0.717) is 19.5 Å². The minimum absolute atomic E-state index is 0.0423. The van der Waals surface area contributed by atoms with Crippen LogP contribution in [0.2, 0.25) is 0 Å². The third-order valence-electron chi connectivity index (χ3n) is 2.72. The molecule has 1 amide bonds. The molecule has 0 unspecified atom stereocenters. The van der Waals surface area contributed by atoms with Crippen molar-refractivity contribution in [3.63, 3.8) is 0 Å². The van der Waals surface area contributed by atoms with Gasteiger partial charge in [0.2, 0.25) is 5.91 Å². The number of amides is 1. The highest BCUT2D eigenvalue weighted by molar-refractivity contribution is 5.78. The van der Waals surface area contributed by atoms with Gasteiger partial charge < -0.3 is 10.6 Å². The van der Waals surface area contributed by atoms with Crippen LogP contribution in [0, 0.1) is 5.41 Å². The van der Waals surface area contributed by atoms with Gasteiger partial charge in [-0.05, 0) is 23.6 Å². The van der Waals surface area contributed by atoms with Gasteiger partial charge in [0, 0.05) is 26.0 Å². The second kappa shape index (κ2) is 5.77.